The van der Waals surface area contributed by atoms with Crippen LogP contribution in [0.15, 0.2) is 84.0 Å². The molecule has 0 bridgehead atoms. The zero-order chi connectivity index (χ0) is 18.9. The third-order valence-corrected chi connectivity index (χ3v) is 3.92. The van der Waals surface area contributed by atoms with Crippen LogP contribution in [0.4, 0.5) is 5.69 Å². The van der Waals surface area contributed by atoms with Crippen LogP contribution in [-0.4, -0.2) is 23.9 Å². The molecule has 3 rings (SSSR count). The lowest BCUT2D eigenvalue weighted by Crippen LogP contribution is -2.01. The molecule has 5 nitrogen and oxygen atoms in total. The number of aromatic carboxylic acids is 1. The van der Waals surface area contributed by atoms with Gasteiger partial charge in [-0.2, -0.15) is 5.10 Å². The zero-order valence-corrected chi connectivity index (χ0v) is 14.7. The molecular formula is C22H20N2O3. The Hall–Kier alpha value is -3.60. The molecule has 0 saturated carbocycles. The van der Waals surface area contributed by atoms with Crippen molar-refractivity contribution in [2.24, 2.45) is 5.10 Å². The number of carboxylic acids is 1. The van der Waals surface area contributed by atoms with Gasteiger partial charge in [0.1, 0.15) is 5.75 Å². The number of benzene rings is 3. The maximum atomic E-state index is 10.8. The number of ether oxygens (including phenoxy) is 1. The Balaban J connectivity index is 1.46. The van der Waals surface area contributed by atoms with Gasteiger partial charge in [-0.05, 0) is 59.7 Å². The van der Waals surface area contributed by atoms with Crippen LogP contribution in [0.5, 0.6) is 5.75 Å². The zero-order valence-electron chi connectivity index (χ0n) is 14.7. The van der Waals surface area contributed by atoms with Gasteiger partial charge in [-0.15, -0.1) is 0 Å². The third kappa shape index (κ3) is 5.71. The Morgan fingerprint density at radius 2 is 1.67 bits per heavy atom. The van der Waals surface area contributed by atoms with Crippen molar-refractivity contribution in [3.05, 3.63) is 95.6 Å². The maximum absolute atomic E-state index is 10.8. The standard InChI is InChI=1S/C22H20N2O3/c25-22(26)19-8-10-20(11-9-19)24-23-16-18-6-12-21(13-7-18)27-15-14-17-4-2-1-3-5-17/h1-13,16,24H,14-15H2,(H,25,26)/b23-16+. The van der Waals surface area contributed by atoms with Crippen LogP contribution in [0.2, 0.25) is 0 Å². The predicted octanol–water partition coefficient (Wildman–Crippen LogP) is 4.45. The minimum absolute atomic E-state index is 0.243. The van der Waals surface area contributed by atoms with Gasteiger partial charge in [0.15, 0.2) is 0 Å². The van der Waals surface area contributed by atoms with Gasteiger partial charge in [0, 0.05) is 6.42 Å². The van der Waals surface area contributed by atoms with Crippen molar-refractivity contribution in [3.8, 4) is 5.75 Å². The summed E-state index contributed by atoms with van der Waals surface area (Å²) >= 11 is 0. The van der Waals surface area contributed by atoms with Crippen molar-refractivity contribution in [2.75, 3.05) is 12.0 Å². The van der Waals surface area contributed by atoms with Crippen LogP contribution < -0.4 is 10.2 Å². The van der Waals surface area contributed by atoms with Crippen molar-refractivity contribution in [1.29, 1.82) is 0 Å². The number of nitrogens with one attached hydrogen (secondary N) is 1. The van der Waals surface area contributed by atoms with Crippen molar-refractivity contribution in [2.45, 2.75) is 6.42 Å². The van der Waals surface area contributed by atoms with Crippen molar-refractivity contribution in [3.63, 3.8) is 0 Å². The van der Waals surface area contributed by atoms with E-state index in [9.17, 15) is 4.79 Å². The summed E-state index contributed by atoms with van der Waals surface area (Å²) in [6.07, 6.45) is 2.56. The Bertz CT molecular complexity index is 889. The Morgan fingerprint density at radius 1 is 0.963 bits per heavy atom. The van der Waals surface area contributed by atoms with Crippen molar-refractivity contribution >= 4 is 17.9 Å². The molecule has 0 aliphatic heterocycles. The van der Waals surface area contributed by atoms with Crippen LogP contribution in [0, 0.1) is 0 Å². The first kappa shape index (κ1) is 18.2. The molecule has 0 aliphatic rings. The molecule has 0 amide bonds. The summed E-state index contributed by atoms with van der Waals surface area (Å²) < 4.78 is 5.76. The average Bonchev–Trinajstić information content (AvgIpc) is 2.70. The highest BCUT2D eigenvalue weighted by Crippen LogP contribution is 2.13. The predicted molar refractivity (Wildman–Crippen MR) is 107 cm³/mol. The number of rotatable bonds is 8. The fourth-order valence-corrected chi connectivity index (χ4v) is 2.45. The van der Waals surface area contributed by atoms with Gasteiger partial charge in [-0.3, -0.25) is 5.43 Å². The van der Waals surface area contributed by atoms with E-state index in [1.165, 1.54) is 17.7 Å². The lowest BCUT2D eigenvalue weighted by molar-refractivity contribution is 0.0697. The second kappa shape index (κ2) is 9.20. The van der Waals surface area contributed by atoms with Gasteiger partial charge in [0.25, 0.3) is 0 Å². The van der Waals surface area contributed by atoms with E-state index in [1.807, 2.05) is 42.5 Å². The summed E-state index contributed by atoms with van der Waals surface area (Å²) in [4.78, 5) is 10.8. The summed E-state index contributed by atoms with van der Waals surface area (Å²) in [5, 5.41) is 13.0. The fourth-order valence-electron chi connectivity index (χ4n) is 2.45. The Morgan fingerprint density at radius 3 is 2.33 bits per heavy atom. The van der Waals surface area contributed by atoms with E-state index < -0.39 is 5.97 Å². The highest BCUT2D eigenvalue weighted by Gasteiger charge is 2.00. The van der Waals surface area contributed by atoms with Gasteiger partial charge in [0.2, 0.25) is 0 Å². The van der Waals surface area contributed by atoms with Crippen LogP contribution >= 0.6 is 0 Å². The van der Waals surface area contributed by atoms with Crippen LogP contribution in [0.1, 0.15) is 21.5 Å². The molecular weight excluding hydrogens is 340 g/mol. The third-order valence-electron chi connectivity index (χ3n) is 3.92. The number of hydrogen-bond donors (Lipinski definition) is 2. The average molecular weight is 360 g/mol. The molecule has 0 aliphatic carbocycles. The smallest absolute Gasteiger partial charge is 0.335 e. The lowest BCUT2D eigenvalue weighted by Gasteiger charge is -2.06. The molecule has 136 valence electrons. The SMILES string of the molecule is O=C(O)c1ccc(N/N=C/c2ccc(OCCc3ccccc3)cc2)cc1. The summed E-state index contributed by atoms with van der Waals surface area (Å²) in [6.45, 7) is 0.630. The second-order valence-electron chi connectivity index (χ2n) is 5.91. The van der Waals surface area contributed by atoms with Crippen LogP contribution in [0.25, 0.3) is 0 Å². The molecule has 3 aromatic rings. The molecule has 0 radical (unpaired) electrons. The van der Waals surface area contributed by atoms with E-state index in [0.717, 1.165) is 23.4 Å². The number of hydrazone groups is 1. The summed E-state index contributed by atoms with van der Waals surface area (Å²) in [6, 6.07) is 24.3. The molecule has 5 heteroatoms. The van der Waals surface area contributed by atoms with Crippen LogP contribution in [0.3, 0.4) is 0 Å². The Labute approximate surface area is 157 Å². The molecule has 2 N–H and O–H groups in total. The van der Waals surface area contributed by atoms with E-state index in [0.29, 0.717) is 6.61 Å². The highest BCUT2D eigenvalue weighted by molar-refractivity contribution is 5.88. The molecule has 0 aromatic heterocycles. The van der Waals surface area contributed by atoms with Crippen molar-refractivity contribution in [1.82, 2.24) is 0 Å². The van der Waals surface area contributed by atoms with E-state index in [4.69, 9.17) is 9.84 Å². The number of hydrogen-bond acceptors (Lipinski definition) is 4. The quantitative estimate of drug-likeness (QED) is 0.460. The van der Waals surface area contributed by atoms with E-state index in [1.54, 1.807) is 18.3 Å². The van der Waals surface area contributed by atoms with Gasteiger partial charge < -0.3 is 9.84 Å². The first-order chi connectivity index (χ1) is 13.2. The molecule has 0 fully saturated rings. The Kier molecular flexibility index (Phi) is 6.20. The normalized spacial score (nSPS) is 10.7. The first-order valence-electron chi connectivity index (χ1n) is 8.60. The molecule has 0 spiro atoms. The fraction of sp³-hybridized carbons (Fsp3) is 0.0909. The van der Waals surface area contributed by atoms with Crippen molar-refractivity contribution < 1.29 is 14.6 Å². The molecule has 27 heavy (non-hydrogen) atoms. The maximum Gasteiger partial charge on any atom is 0.335 e. The molecule has 0 saturated heterocycles. The number of nitrogens with zero attached hydrogens (tertiary/aromatic N) is 1. The molecule has 0 unspecified atom stereocenters. The van der Waals surface area contributed by atoms with Gasteiger partial charge >= 0.3 is 5.97 Å². The van der Waals surface area contributed by atoms with E-state index >= 15 is 0 Å². The topological polar surface area (TPSA) is 70.9 Å². The number of anilines is 1. The van der Waals surface area contributed by atoms with Gasteiger partial charge in [-0.1, -0.05) is 30.3 Å². The van der Waals surface area contributed by atoms with Gasteiger partial charge in [-0.25, -0.2) is 4.79 Å². The first-order valence-corrected chi connectivity index (χ1v) is 8.60. The summed E-state index contributed by atoms with van der Waals surface area (Å²) in [7, 11) is 0. The minimum Gasteiger partial charge on any atom is -0.493 e. The summed E-state index contributed by atoms with van der Waals surface area (Å²) in [5.74, 6) is -0.128. The second-order valence-corrected chi connectivity index (χ2v) is 5.91. The van der Waals surface area contributed by atoms with Gasteiger partial charge in [0.05, 0.1) is 24.1 Å². The minimum atomic E-state index is -0.948. The van der Waals surface area contributed by atoms with Crippen LogP contribution in [-0.2, 0) is 6.42 Å². The molecule has 0 atom stereocenters. The number of carbonyl (C=O) groups is 1. The summed E-state index contributed by atoms with van der Waals surface area (Å²) in [5.41, 5.74) is 6.02. The van der Waals surface area contributed by atoms with E-state index in [2.05, 4.69) is 22.7 Å². The largest absolute Gasteiger partial charge is 0.493 e. The molecule has 0 heterocycles. The highest BCUT2D eigenvalue weighted by atomic mass is 16.5. The lowest BCUT2D eigenvalue weighted by atomic mass is 10.2. The van der Waals surface area contributed by atoms with E-state index in [-0.39, 0.29) is 5.56 Å². The number of carboxylic acid groups (broad SMARTS) is 1. The monoisotopic (exact) mass is 360 g/mol. The molecule has 3 aromatic carbocycles.